The molecule has 0 aliphatic heterocycles. The van der Waals surface area contributed by atoms with E-state index in [0.717, 1.165) is 6.07 Å². The third-order valence-electron chi connectivity index (χ3n) is 1.64. The Hall–Kier alpha value is -0.890. The molecule has 0 saturated heterocycles. The third-order valence-corrected chi connectivity index (χ3v) is 2.83. The van der Waals surface area contributed by atoms with Crippen molar-refractivity contribution >= 4 is 45.8 Å². The van der Waals surface area contributed by atoms with Crippen molar-refractivity contribution in [3.63, 3.8) is 0 Å². The van der Waals surface area contributed by atoms with Crippen LogP contribution in [0.1, 0.15) is 10.4 Å². The fourth-order valence-corrected chi connectivity index (χ4v) is 2.05. The first-order chi connectivity index (χ1) is 6.97. The molecule has 7 heteroatoms. The second-order valence-corrected chi connectivity index (χ2v) is 4.10. The van der Waals surface area contributed by atoms with Crippen LogP contribution in [0, 0.1) is 13.7 Å². The molecule has 0 fully saturated rings. The molecule has 15 heavy (non-hydrogen) atoms. The molecule has 1 rings (SSSR count). The van der Waals surface area contributed by atoms with Gasteiger partial charge in [-0.25, -0.2) is 4.79 Å². The number of carbonyl (C=O) groups excluding carboxylic acids is 1. The number of methoxy groups -OCH3 is 1. The van der Waals surface area contributed by atoms with Gasteiger partial charge in [-0.15, -0.1) is 0 Å². The van der Waals surface area contributed by atoms with E-state index in [9.17, 15) is 14.9 Å². The van der Waals surface area contributed by atoms with Gasteiger partial charge in [0.25, 0.3) is 5.69 Å². The summed E-state index contributed by atoms with van der Waals surface area (Å²) in [6.45, 7) is 0. The molecule has 0 heterocycles. The van der Waals surface area contributed by atoms with Crippen LogP contribution in [0.5, 0.6) is 0 Å². The lowest BCUT2D eigenvalue weighted by atomic mass is 10.2. The highest BCUT2D eigenvalue weighted by atomic mass is 127. The zero-order chi connectivity index (χ0) is 11.6. The van der Waals surface area contributed by atoms with E-state index >= 15 is 0 Å². The average molecular weight is 341 g/mol. The lowest BCUT2D eigenvalue weighted by molar-refractivity contribution is -0.384. The number of nitro benzene ring substituents is 1. The summed E-state index contributed by atoms with van der Waals surface area (Å²) in [5.41, 5.74) is -0.174. The minimum Gasteiger partial charge on any atom is -0.465 e. The van der Waals surface area contributed by atoms with Crippen molar-refractivity contribution in [3.8, 4) is 0 Å². The highest BCUT2D eigenvalue weighted by molar-refractivity contribution is 14.1. The third kappa shape index (κ3) is 2.57. The molecule has 80 valence electrons. The average Bonchev–Trinajstić information content (AvgIpc) is 2.16. The lowest BCUT2D eigenvalue weighted by Crippen LogP contribution is -2.05. The maximum atomic E-state index is 11.2. The molecule has 0 atom stereocenters. The first kappa shape index (κ1) is 12.2. The minimum atomic E-state index is -0.648. The van der Waals surface area contributed by atoms with Crippen LogP contribution in [-0.2, 0) is 4.74 Å². The number of hydrogen-bond donors (Lipinski definition) is 0. The molecule has 0 spiro atoms. The first-order valence-corrected chi connectivity index (χ1v) is 5.14. The molecule has 0 amide bonds. The molecule has 0 unspecified atom stereocenters. The van der Waals surface area contributed by atoms with Crippen molar-refractivity contribution in [1.29, 1.82) is 0 Å². The number of nitrogens with zero attached hydrogens (tertiary/aromatic N) is 1. The van der Waals surface area contributed by atoms with E-state index < -0.39 is 10.9 Å². The fourth-order valence-electron chi connectivity index (χ4n) is 0.944. The highest BCUT2D eigenvalue weighted by Gasteiger charge is 2.19. The number of nitro groups is 1. The zero-order valence-electron chi connectivity index (χ0n) is 7.49. The van der Waals surface area contributed by atoms with Crippen LogP contribution in [-0.4, -0.2) is 18.0 Å². The van der Waals surface area contributed by atoms with Gasteiger partial charge in [0.05, 0.1) is 17.6 Å². The van der Waals surface area contributed by atoms with Crippen LogP contribution in [0.3, 0.4) is 0 Å². The molecule has 0 aromatic heterocycles. The molecule has 5 nitrogen and oxygen atoms in total. The smallest absolute Gasteiger partial charge is 0.339 e. The Balaban J connectivity index is 3.36. The second kappa shape index (κ2) is 4.75. The number of benzene rings is 1. The van der Waals surface area contributed by atoms with E-state index in [4.69, 9.17) is 11.6 Å². The fraction of sp³-hybridized carbons (Fsp3) is 0.125. The Morgan fingerprint density at radius 1 is 1.60 bits per heavy atom. The highest BCUT2D eigenvalue weighted by Crippen LogP contribution is 2.29. The van der Waals surface area contributed by atoms with E-state index in [2.05, 4.69) is 4.74 Å². The molecule has 1 aromatic carbocycles. The van der Waals surface area contributed by atoms with E-state index in [-0.39, 0.29) is 16.3 Å². The number of hydrogen-bond acceptors (Lipinski definition) is 4. The predicted molar refractivity (Wildman–Crippen MR) is 62.2 cm³/mol. The summed E-state index contributed by atoms with van der Waals surface area (Å²) in [5, 5.41) is 10.6. The van der Waals surface area contributed by atoms with Gasteiger partial charge in [0, 0.05) is 9.64 Å². The van der Waals surface area contributed by atoms with Gasteiger partial charge < -0.3 is 4.74 Å². The predicted octanol–water partition coefficient (Wildman–Crippen LogP) is 2.64. The van der Waals surface area contributed by atoms with Crippen molar-refractivity contribution < 1.29 is 14.5 Å². The zero-order valence-corrected chi connectivity index (χ0v) is 10.4. The summed E-state index contributed by atoms with van der Waals surface area (Å²) < 4.78 is 4.99. The summed E-state index contributed by atoms with van der Waals surface area (Å²) in [4.78, 5) is 21.1. The quantitative estimate of drug-likeness (QED) is 0.359. The van der Waals surface area contributed by atoms with Crippen molar-refractivity contribution in [2.24, 2.45) is 0 Å². The van der Waals surface area contributed by atoms with Gasteiger partial charge in [0.2, 0.25) is 0 Å². The van der Waals surface area contributed by atoms with E-state index in [1.165, 1.54) is 13.2 Å². The van der Waals surface area contributed by atoms with Crippen LogP contribution in [0.15, 0.2) is 12.1 Å². The monoisotopic (exact) mass is 341 g/mol. The summed E-state index contributed by atoms with van der Waals surface area (Å²) in [7, 11) is 1.21. The lowest BCUT2D eigenvalue weighted by Gasteiger charge is -2.03. The van der Waals surface area contributed by atoms with Gasteiger partial charge in [-0.2, -0.15) is 0 Å². The van der Waals surface area contributed by atoms with Crippen molar-refractivity contribution in [2.75, 3.05) is 7.11 Å². The molecule has 1 aromatic rings. The van der Waals surface area contributed by atoms with Crippen LogP contribution in [0.4, 0.5) is 5.69 Å². The van der Waals surface area contributed by atoms with Crippen LogP contribution < -0.4 is 0 Å². The Kier molecular flexibility index (Phi) is 3.86. The number of rotatable bonds is 2. The van der Waals surface area contributed by atoms with Gasteiger partial charge in [-0.3, -0.25) is 10.1 Å². The van der Waals surface area contributed by atoms with Gasteiger partial charge in [0.15, 0.2) is 0 Å². The minimum absolute atomic E-state index is 0.00273. The number of halogens is 2. The normalized spacial score (nSPS) is 9.80. The number of carbonyl (C=O) groups is 1. The molecule has 0 bridgehead atoms. The van der Waals surface area contributed by atoms with Crippen LogP contribution >= 0.6 is 34.2 Å². The topological polar surface area (TPSA) is 69.4 Å². The maximum absolute atomic E-state index is 11.2. The van der Waals surface area contributed by atoms with E-state index in [0.29, 0.717) is 3.57 Å². The summed E-state index contributed by atoms with van der Waals surface area (Å²) in [6, 6.07) is 2.46. The SMILES string of the molecule is COC(=O)c1cc([N+](=O)[O-])c(Cl)cc1I. The summed E-state index contributed by atoms with van der Waals surface area (Å²) in [5.74, 6) is -0.626. The van der Waals surface area contributed by atoms with E-state index in [1.54, 1.807) is 0 Å². The summed E-state index contributed by atoms with van der Waals surface area (Å²) in [6.07, 6.45) is 0. The molecule has 0 aliphatic carbocycles. The Labute approximate surface area is 104 Å². The van der Waals surface area contributed by atoms with Crippen LogP contribution in [0.25, 0.3) is 0 Å². The Morgan fingerprint density at radius 3 is 2.67 bits per heavy atom. The van der Waals surface area contributed by atoms with Gasteiger partial charge in [-0.05, 0) is 28.7 Å². The number of ether oxygens (including phenoxy) is 1. The molecule has 0 N–H and O–H groups in total. The number of esters is 1. The maximum Gasteiger partial charge on any atom is 0.339 e. The molecule has 0 radical (unpaired) electrons. The largest absolute Gasteiger partial charge is 0.465 e. The molecular weight excluding hydrogens is 336 g/mol. The van der Waals surface area contributed by atoms with Gasteiger partial charge in [-0.1, -0.05) is 11.6 Å². The standard InChI is InChI=1S/C8H5ClINO4/c1-15-8(12)4-2-7(11(13)14)5(9)3-6(4)10/h2-3H,1H3. The van der Waals surface area contributed by atoms with Crippen molar-refractivity contribution in [1.82, 2.24) is 0 Å². The second-order valence-electron chi connectivity index (χ2n) is 2.53. The molecular formula is C8H5ClINO4. The van der Waals surface area contributed by atoms with Crippen molar-refractivity contribution in [2.45, 2.75) is 0 Å². The Bertz CT molecular complexity index is 435. The first-order valence-electron chi connectivity index (χ1n) is 3.69. The van der Waals surface area contributed by atoms with Crippen molar-refractivity contribution in [3.05, 3.63) is 36.4 Å². The summed E-state index contributed by atoms with van der Waals surface area (Å²) >= 11 is 7.50. The van der Waals surface area contributed by atoms with Gasteiger partial charge >= 0.3 is 5.97 Å². The molecule has 0 aliphatic rings. The Morgan fingerprint density at radius 2 is 2.20 bits per heavy atom. The van der Waals surface area contributed by atoms with Gasteiger partial charge in [0.1, 0.15) is 5.02 Å². The molecule has 0 saturated carbocycles. The van der Waals surface area contributed by atoms with E-state index in [1.807, 2.05) is 22.6 Å². The van der Waals surface area contributed by atoms with Crippen LogP contribution in [0.2, 0.25) is 5.02 Å².